The van der Waals surface area contributed by atoms with E-state index in [0.717, 1.165) is 44.8 Å². The van der Waals surface area contributed by atoms with Gasteiger partial charge in [-0.25, -0.2) is 0 Å². The van der Waals surface area contributed by atoms with E-state index in [9.17, 15) is 4.79 Å². The lowest BCUT2D eigenvalue weighted by Crippen LogP contribution is -2.48. The summed E-state index contributed by atoms with van der Waals surface area (Å²) >= 11 is 0. The molecule has 0 bridgehead atoms. The zero-order valence-corrected chi connectivity index (χ0v) is 12.9. The number of rotatable bonds is 3. The monoisotopic (exact) mass is 267 g/mol. The van der Waals surface area contributed by atoms with Crippen molar-refractivity contribution in [3.63, 3.8) is 0 Å². The average molecular weight is 267 g/mol. The van der Waals surface area contributed by atoms with Gasteiger partial charge in [-0.05, 0) is 38.5 Å². The highest BCUT2D eigenvalue weighted by Crippen LogP contribution is 2.32. The maximum absolute atomic E-state index is 12.1. The topological polar surface area (TPSA) is 29.5 Å². The predicted molar refractivity (Wildman–Crippen MR) is 77.1 cm³/mol. The molecular weight excluding hydrogens is 238 g/mol. The van der Waals surface area contributed by atoms with Gasteiger partial charge in [-0.1, -0.05) is 13.8 Å². The van der Waals surface area contributed by atoms with Crippen LogP contribution in [0, 0.1) is 17.8 Å². The van der Waals surface area contributed by atoms with Gasteiger partial charge in [-0.15, -0.1) is 0 Å². The first-order valence-electron chi connectivity index (χ1n) is 7.86. The zero-order chi connectivity index (χ0) is 14.0. The maximum Gasteiger partial charge on any atom is 0.137 e. The molecule has 2 fully saturated rings. The summed E-state index contributed by atoms with van der Waals surface area (Å²) in [6, 6.07) is 0. The van der Waals surface area contributed by atoms with Gasteiger partial charge in [0.05, 0.1) is 12.2 Å². The van der Waals surface area contributed by atoms with Gasteiger partial charge in [-0.2, -0.15) is 0 Å². The van der Waals surface area contributed by atoms with E-state index in [0.29, 0.717) is 23.9 Å². The molecule has 4 atom stereocenters. The summed E-state index contributed by atoms with van der Waals surface area (Å²) in [7, 11) is 0. The molecule has 110 valence electrons. The number of hydrogen-bond acceptors (Lipinski definition) is 3. The quantitative estimate of drug-likeness (QED) is 0.787. The second-order valence-corrected chi connectivity index (χ2v) is 6.92. The summed E-state index contributed by atoms with van der Waals surface area (Å²) in [5.74, 6) is 2.19. The van der Waals surface area contributed by atoms with Crippen LogP contribution in [-0.4, -0.2) is 42.5 Å². The number of hydrogen-bond donors (Lipinski definition) is 0. The van der Waals surface area contributed by atoms with E-state index in [2.05, 4.69) is 32.6 Å². The predicted octanol–water partition coefficient (Wildman–Crippen LogP) is 2.74. The number of Topliss-reactive ketones (excluding diaryl/α,β-unsaturated/α-hetero) is 1. The number of ketones is 1. The second kappa shape index (κ2) is 6.36. The molecule has 1 heterocycles. The summed E-state index contributed by atoms with van der Waals surface area (Å²) in [6.45, 7) is 11.7. The Labute approximate surface area is 117 Å². The van der Waals surface area contributed by atoms with Crippen LogP contribution in [0.15, 0.2) is 0 Å². The minimum Gasteiger partial charge on any atom is -0.373 e. The average Bonchev–Trinajstić information content (AvgIpc) is 2.30. The summed E-state index contributed by atoms with van der Waals surface area (Å²) in [5.41, 5.74) is 0. The van der Waals surface area contributed by atoms with Crippen molar-refractivity contribution >= 4 is 5.78 Å². The van der Waals surface area contributed by atoms with Gasteiger partial charge in [0.1, 0.15) is 5.78 Å². The second-order valence-electron chi connectivity index (χ2n) is 6.92. The Morgan fingerprint density at radius 3 is 2.47 bits per heavy atom. The van der Waals surface area contributed by atoms with Crippen LogP contribution in [0.3, 0.4) is 0 Å². The zero-order valence-electron chi connectivity index (χ0n) is 12.9. The molecule has 3 heteroatoms. The van der Waals surface area contributed by atoms with Crippen LogP contribution >= 0.6 is 0 Å². The van der Waals surface area contributed by atoms with E-state index >= 15 is 0 Å². The SMILES string of the molecule is CC1CN(CC2CC(C(C)C)CCC2=O)CC(C)O1. The first kappa shape index (κ1) is 15.0. The Balaban J connectivity index is 1.91. The van der Waals surface area contributed by atoms with Crippen LogP contribution in [0.25, 0.3) is 0 Å². The molecule has 19 heavy (non-hydrogen) atoms. The van der Waals surface area contributed by atoms with Crippen molar-refractivity contribution < 1.29 is 9.53 Å². The van der Waals surface area contributed by atoms with Crippen molar-refractivity contribution in [3.8, 4) is 0 Å². The third-order valence-corrected chi connectivity index (χ3v) is 4.72. The molecule has 0 N–H and O–H groups in total. The van der Waals surface area contributed by atoms with Gasteiger partial charge >= 0.3 is 0 Å². The van der Waals surface area contributed by atoms with Crippen molar-refractivity contribution in [1.82, 2.24) is 4.90 Å². The standard InChI is InChI=1S/C16H29NO2/c1-11(2)14-5-6-16(18)15(7-14)10-17-8-12(3)19-13(4)9-17/h11-15H,5-10H2,1-4H3. The third kappa shape index (κ3) is 4.03. The molecule has 0 spiro atoms. The summed E-state index contributed by atoms with van der Waals surface area (Å²) < 4.78 is 5.77. The first-order valence-corrected chi connectivity index (χ1v) is 7.86. The van der Waals surface area contributed by atoms with E-state index in [-0.39, 0.29) is 5.92 Å². The Morgan fingerprint density at radius 2 is 1.89 bits per heavy atom. The highest BCUT2D eigenvalue weighted by molar-refractivity contribution is 5.82. The molecule has 0 amide bonds. The summed E-state index contributed by atoms with van der Waals surface area (Å²) in [5, 5.41) is 0. The minimum absolute atomic E-state index is 0.263. The Hall–Kier alpha value is -0.410. The molecule has 0 aromatic rings. The van der Waals surface area contributed by atoms with Crippen LogP contribution < -0.4 is 0 Å². The Bertz CT molecular complexity index is 306. The Kier molecular flexibility index (Phi) is 5.02. The highest BCUT2D eigenvalue weighted by atomic mass is 16.5. The molecule has 4 unspecified atom stereocenters. The molecule has 0 aromatic heterocycles. The van der Waals surface area contributed by atoms with Crippen molar-refractivity contribution in [2.45, 2.75) is 59.2 Å². The van der Waals surface area contributed by atoms with Crippen LogP contribution in [0.4, 0.5) is 0 Å². The highest BCUT2D eigenvalue weighted by Gasteiger charge is 2.33. The summed E-state index contributed by atoms with van der Waals surface area (Å²) in [6.07, 6.45) is 3.58. The Morgan fingerprint density at radius 1 is 1.26 bits per heavy atom. The smallest absolute Gasteiger partial charge is 0.137 e. The molecule has 1 saturated carbocycles. The molecule has 3 nitrogen and oxygen atoms in total. The number of carbonyl (C=O) groups excluding carboxylic acids is 1. The van der Waals surface area contributed by atoms with Crippen LogP contribution in [-0.2, 0) is 9.53 Å². The number of morpholine rings is 1. The van der Waals surface area contributed by atoms with E-state index in [1.165, 1.54) is 0 Å². The molecule has 0 aromatic carbocycles. The van der Waals surface area contributed by atoms with Gasteiger partial charge in [-0.3, -0.25) is 9.69 Å². The van der Waals surface area contributed by atoms with Crippen LogP contribution in [0.1, 0.15) is 47.0 Å². The fourth-order valence-electron chi connectivity index (χ4n) is 3.67. The molecule has 0 radical (unpaired) electrons. The number of ether oxygens (including phenoxy) is 1. The van der Waals surface area contributed by atoms with Gasteiger partial charge < -0.3 is 4.74 Å². The van der Waals surface area contributed by atoms with E-state index in [1.807, 2.05) is 0 Å². The van der Waals surface area contributed by atoms with Crippen molar-refractivity contribution in [1.29, 1.82) is 0 Å². The van der Waals surface area contributed by atoms with Crippen LogP contribution in [0.2, 0.25) is 0 Å². The van der Waals surface area contributed by atoms with Crippen LogP contribution in [0.5, 0.6) is 0 Å². The fourth-order valence-corrected chi connectivity index (χ4v) is 3.67. The summed E-state index contributed by atoms with van der Waals surface area (Å²) in [4.78, 5) is 14.6. The van der Waals surface area contributed by atoms with Gasteiger partial charge in [0.15, 0.2) is 0 Å². The molecular formula is C16H29NO2. The van der Waals surface area contributed by atoms with Crippen molar-refractivity contribution in [2.75, 3.05) is 19.6 Å². The molecule has 1 aliphatic heterocycles. The molecule has 2 aliphatic rings. The minimum atomic E-state index is 0.263. The van der Waals surface area contributed by atoms with Crippen molar-refractivity contribution in [2.24, 2.45) is 17.8 Å². The maximum atomic E-state index is 12.1. The lowest BCUT2D eigenvalue weighted by molar-refractivity contribution is -0.128. The van der Waals surface area contributed by atoms with Crippen molar-refractivity contribution in [3.05, 3.63) is 0 Å². The van der Waals surface area contributed by atoms with Gasteiger partial charge in [0.2, 0.25) is 0 Å². The van der Waals surface area contributed by atoms with E-state index in [1.54, 1.807) is 0 Å². The number of nitrogens with zero attached hydrogens (tertiary/aromatic N) is 1. The van der Waals surface area contributed by atoms with Gasteiger partial charge in [0.25, 0.3) is 0 Å². The molecule has 2 rings (SSSR count). The largest absolute Gasteiger partial charge is 0.373 e. The molecule has 1 aliphatic carbocycles. The van der Waals surface area contributed by atoms with E-state index in [4.69, 9.17) is 4.74 Å². The van der Waals surface area contributed by atoms with Gasteiger partial charge in [0, 0.05) is 32.0 Å². The normalized spacial score (nSPS) is 37.8. The lowest BCUT2D eigenvalue weighted by atomic mass is 9.75. The molecule has 1 saturated heterocycles. The third-order valence-electron chi connectivity index (χ3n) is 4.72. The lowest BCUT2D eigenvalue weighted by Gasteiger charge is -2.39. The number of carbonyl (C=O) groups is 1. The fraction of sp³-hybridized carbons (Fsp3) is 0.938. The van der Waals surface area contributed by atoms with E-state index < -0.39 is 0 Å². The first-order chi connectivity index (χ1) is 8.95.